The Kier molecular flexibility index (Phi) is 5.28. The van der Waals surface area contributed by atoms with Crippen molar-refractivity contribution in [1.29, 1.82) is 0 Å². The van der Waals surface area contributed by atoms with E-state index in [2.05, 4.69) is 9.88 Å². The number of piperazine rings is 1. The van der Waals surface area contributed by atoms with Crippen molar-refractivity contribution in [2.45, 2.75) is 6.54 Å². The van der Waals surface area contributed by atoms with E-state index >= 15 is 0 Å². The molecular formula is C18H21N3O3. The lowest BCUT2D eigenvalue weighted by Gasteiger charge is -2.34. The second-order valence-corrected chi connectivity index (χ2v) is 5.77. The fourth-order valence-corrected chi connectivity index (χ4v) is 2.71. The van der Waals surface area contributed by atoms with E-state index in [-0.39, 0.29) is 18.3 Å². The van der Waals surface area contributed by atoms with E-state index in [1.165, 1.54) is 11.6 Å². The Balaban J connectivity index is 1.44. The maximum atomic E-state index is 12.2. The van der Waals surface area contributed by atoms with Crippen LogP contribution in [0.15, 0.2) is 48.8 Å². The molecule has 1 aliphatic rings. The summed E-state index contributed by atoms with van der Waals surface area (Å²) in [6.07, 6.45) is 3.59. The number of aromatic hydroxyl groups is 1. The van der Waals surface area contributed by atoms with Crippen molar-refractivity contribution in [3.05, 3.63) is 54.4 Å². The normalized spacial score (nSPS) is 15.2. The van der Waals surface area contributed by atoms with Gasteiger partial charge in [0.05, 0.1) is 0 Å². The van der Waals surface area contributed by atoms with E-state index in [0.29, 0.717) is 18.8 Å². The number of ether oxygens (including phenoxy) is 1. The number of phenolic OH excluding ortho intramolecular Hbond substituents is 1. The molecule has 126 valence electrons. The fraction of sp³-hybridized carbons (Fsp3) is 0.333. The van der Waals surface area contributed by atoms with Crippen molar-refractivity contribution in [1.82, 2.24) is 14.8 Å². The van der Waals surface area contributed by atoms with Crippen molar-refractivity contribution in [3.8, 4) is 11.5 Å². The molecule has 24 heavy (non-hydrogen) atoms. The molecule has 2 heterocycles. The van der Waals surface area contributed by atoms with Crippen LogP contribution >= 0.6 is 0 Å². The summed E-state index contributed by atoms with van der Waals surface area (Å²) in [6, 6.07) is 10.7. The standard InChI is InChI=1S/C18H21N3O3/c22-16-3-1-2-4-17(16)24-14-18(23)21-11-9-20(10-12-21)13-15-5-7-19-8-6-15/h1-8,22H,9-14H2. The van der Waals surface area contributed by atoms with Crippen LogP contribution in [0.2, 0.25) is 0 Å². The first-order valence-electron chi connectivity index (χ1n) is 8.02. The van der Waals surface area contributed by atoms with Crippen LogP contribution in [-0.4, -0.2) is 58.6 Å². The van der Waals surface area contributed by atoms with E-state index in [9.17, 15) is 9.90 Å². The Bertz CT molecular complexity index is 670. The number of para-hydroxylation sites is 2. The molecule has 0 atom stereocenters. The highest BCUT2D eigenvalue weighted by Gasteiger charge is 2.21. The van der Waals surface area contributed by atoms with E-state index in [1.54, 1.807) is 30.6 Å². The number of benzene rings is 1. The van der Waals surface area contributed by atoms with Crippen LogP contribution in [0.4, 0.5) is 0 Å². The van der Waals surface area contributed by atoms with Crippen LogP contribution in [0.25, 0.3) is 0 Å². The number of hydrogen-bond donors (Lipinski definition) is 1. The Morgan fingerprint density at radius 1 is 1.08 bits per heavy atom. The molecule has 1 saturated heterocycles. The first-order valence-corrected chi connectivity index (χ1v) is 8.02. The van der Waals surface area contributed by atoms with Crippen LogP contribution in [0, 0.1) is 0 Å². The third-order valence-corrected chi connectivity index (χ3v) is 4.10. The third-order valence-electron chi connectivity index (χ3n) is 4.10. The van der Waals surface area contributed by atoms with E-state index in [1.807, 2.05) is 17.0 Å². The Morgan fingerprint density at radius 3 is 2.50 bits per heavy atom. The van der Waals surface area contributed by atoms with Crippen molar-refractivity contribution >= 4 is 5.91 Å². The second kappa shape index (κ2) is 7.79. The highest BCUT2D eigenvalue weighted by atomic mass is 16.5. The molecule has 0 spiro atoms. The summed E-state index contributed by atoms with van der Waals surface area (Å²) in [5.74, 6) is 0.330. The minimum Gasteiger partial charge on any atom is -0.504 e. The molecule has 1 aromatic heterocycles. The Morgan fingerprint density at radius 2 is 1.79 bits per heavy atom. The average molecular weight is 327 g/mol. The fourth-order valence-electron chi connectivity index (χ4n) is 2.71. The molecule has 1 N–H and O–H groups in total. The molecule has 1 fully saturated rings. The summed E-state index contributed by atoms with van der Waals surface area (Å²) in [6.45, 7) is 3.87. The SMILES string of the molecule is O=C(COc1ccccc1O)N1CCN(Cc2ccncc2)CC1. The molecule has 6 nitrogen and oxygen atoms in total. The summed E-state index contributed by atoms with van der Waals surface area (Å²) < 4.78 is 5.41. The zero-order chi connectivity index (χ0) is 16.8. The minimum absolute atomic E-state index is 0.0486. The zero-order valence-electron chi connectivity index (χ0n) is 13.5. The lowest BCUT2D eigenvalue weighted by atomic mass is 10.2. The number of phenols is 1. The van der Waals surface area contributed by atoms with Gasteiger partial charge in [-0.05, 0) is 29.8 Å². The first kappa shape index (κ1) is 16.3. The predicted octanol–water partition coefficient (Wildman–Crippen LogP) is 1.51. The average Bonchev–Trinajstić information content (AvgIpc) is 2.62. The summed E-state index contributed by atoms with van der Waals surface area (Å²) in [5.41, 5.74) is 1.23. The largest absolute Gasteiger partial charge is 0.504 e. The summed E-state index contributed by atoms with van der Waals surface area (Å²) in [4.78, 5) is 20.4. The molecular weight excluding hydrogens is 306 g/mol. The Labute approximate surface area is 141 Å². The van der Waals surface area contributed by atoms with Gasteiger partial charge in [0.15, 0.2) is 18.1 Å². The molecule has 0 unspecified atom stereocenters. The molecule has 0 radical (unpaired) electrons. The van der Waals surface area contributed by atoms with Crippen molar-refractivity contribution in [2.24, 2.45) is 0 Å². The molecule has 1 amide bonds. The third kappa shape index (κ3) is 4.23. The van der Waals surface area contributed by atoms with Crippen LogP contribution in [0.3, 0.4) is 0 Å². The molecule has 0 bridgehead atoms. The van der Waals surface area contributed by atoms with Gasteiger partial charge in [0, 0.05) is 45.1 Å². The number of rotatable bonds is 5. The monoisotopic (exact) mass is 327 g/mol. The molecule has 1 aliphatic heterocycles. The van der Waals surface area contributed by atoms with Gasteiger partial charge in [-0.25, -0.2) is 0 Å². The van der Waals surface area contributed by atoms with Crippen LogP contribution < -0.4 is 4.74 Å². The molecule has 1 aromatic carbocycles. The van der Waals surface area contributed by atoms with Crippen molar-refractivity contribution < 1.29 is 14.6 Å². The van der Waals surface area contributed by atoms with Crippen LogP contribution in [-0.2, 0) is 11.3 Å². The second-order valence-electron chi connectivity index (χ2n) is 5.77. The summed E-state index contributed by atoms with van der Waals surface area (Å²) in [7, 11) is 0. The van der Waals surface area contributed by atoms with Crippen LogP contribution in [0.5, 0.6) is 11.5 Å². The van der Waals surface area contributed by atoms with Gasteiger partial charge in [0.2, 0.25) is 0 Å². The minimum atomic E-state index is -0.0539. The molecule has 0 aliphatic carbocycles. The molecule has 6 heteroatoms. The summed E-state index contributed by atoms with van der Waals surface area (Å²) in [5, 5.41) is 9.65. The smallest absolute Gasteiger partial charge is 0.260 e. The maximum Gasteiger partial charge on any atom is 0.260 e. The molecule has 2 aromatic rings. The highest BCUT2D eigenvalue weighted by molar-refractivity contribution is 5.78. The van der Waals surface area contributed by atoms with Gasteiger partial charge >= 0.3 is 0 Å². The van der Waals surface area contributed by atoms with Crippen molar-refractivity contribution in [3.63, 3.8) is 0 Å². The number of carbonyl (C=O) groups excluding carboxylic acids is 1. The summed E-state index contributed by atoms with van der Waals surface area (Å²) >= 11 is 0. The van der Waals surface area contributed by atoms with Crippen molar-refractivity contribution in [2.75, 3.05) is 32.8 Å². The maximum absolute atomic E-state index is 12.2. The van der Waals surface area contributed by atoms with E-state index in [0.717, 1.165) is 19.6 Å². The molecule has 3 rings (SSSR count). The number of nitrogens with zero attached hydrogens (tertiary/aromatic N) is 3. The lowest BCUT2D eigenvalue weighted by molar-refractivity contribution is -0.135. The number of carbonyl (C=O) groups is 1. The predicted molar refractivity (Wildman–Crippen MR) is 89.7 cm³/mol. The topological polar surface area (TPSA) is 65.9 Å². The van der Waals surface area contributed by atoms with Gasteiger partial charge in [-0.2, -0.15) is 0 Å². The Hall–Kier alpha value is -2.60. The van der Waals surface area contributed by atoms with Gasteiger partial charge in [0.1, 0.15) is 0 Å². The number of pyridine rings is 1. The first-order chi connectivity index (χ1) is 11.7. The quantitative estimate of drug-likeness (QED) is 0.902. The van der Waals surface area contributed by atoms with Gasteiger partial charge < -0.3 is 14.7 Å². The number of hydrogen-bond acceptors (Lipinski definition) is 5. The van der Waals surface area contributed by atoms with Gasteiger partial charge in [-0.1, -0.05) is 12.1 Å². The highest BCUT2D eigenvalue weighted by Crippen LogP contribution is 2.24. The lowest BCUT2D eigenvalue weighted by Crippen LogP contribution is -2.49. The number of amides is 1. The van der Waals surface area contributed by atoms with E-state index < -0.39 is 0 Å². The van der Waals surface area contributed by atoms with Gasteiger partial charge in [-0.3, -0.25) is 14.7 Å². The molecule has 0 saturated carbocycles. The van der Waals surface area contributed by atoms with Crippen LogP contribution in [0.1, 0.15) is 5.56 Å². The van der Waals surface area contributed by atoms with Gasteiger partial charge in [-0.15, -0.1) is 0 Å². The van der Waals surface area contributed by atoms with E-state index in [4.69, 9.17) is 4.74 Å². The zero-order valence-corrected chi connectivity index (χ0v) is 13.5. The number of aromatic nitrogens is 1. The van der Waals surface area contributed by atoms with Gasteiger partial charge in [0.25, 0.3) is 5.91 Å².